The van der Waals surface area contributed by atoms with Crippen molar-refractivity contribution in [2.24, 2.45) is 13.8 Å². The van der Waals surface area contributed by atoms with Crippen LogP contribution in [0, 0.1) is 5.92 Å². The molecule has 1 atom stereocenters. The number of nitrogens with zero attached hydrogens (tertiary/aromatic N) is 4. The van der Waals surface area contributed by atoms with Gasteiger partial charge in [-0.1, -0.05) is 0 Å². The van der Waals surface area contributed by atoms with Crippen LogP contribution in [-0.4, -0.2) is 41.5 Å². The van der Waals surface area contributed by atoms with E-state index in [-0.39, 0.29) is 29.7 Å². The van der Waals surface area contributed by atoms with Crippen molar-refractivity contribution in [3.63, 3.8) is 0 Å². The van der Waals surface area contributed by atoms with E-state index in [1.165, 1.54) is 69.9 Å². The number of fused-ring (bicyclic) bond motifs is 1. The van der Waals surface area contributed by atoms with Gasteiger partial charge in [0.25, 0.3) is 0 Å². The van der Waals surface area contributed by atoms with Gasteiger partial charge in [0.05, 0.1) is 0 Å². The van der Waals surface area contributed by atoms with E-state index in [9.17, 15) is 0 Å². The fourth-order valence-corrected chi connectivity index (χ4v) is 27.7. The number of benzene rings is 5. The molecule has 5 aromatic carbocycles. The second kappa shape index (κ2) is 19.6. The first-order chi connectivity index (χ1) is 31.7. The molecule has 2 aliphatic heterocycles. The Hall–Kier alpha value is -4.81. The number of methoxy groups -OCH3 is 1. The van der Waals surface area contributed by atoms with Gasteiger partial charge in [0.15, 0.2) is 0 Å². The molecule has 0 spiro atoms. The van der Waals surface area contributed by atoms with Gasteiger partial charge in [-0.05, 0) is 0 Å². The predicted molar refractivity (Wildman–Crippen MR) is 268 cm³/mol. The van der Waals surface area contributed by atoms with E-state index >= 15 is 4.79 Å². The molecule has 2 saturated carbocycles. The Morgan fingerprint density at radius 3 is 1.82 bits per heavy atom. The van der Waals surface area contributed by atoms with E-state index < -0.39 is 19.4 Å². The Morgan fingerprint density at radius 1 is 0.646 bits per heavy atom. The van der Waals surface area contributed by atoms with Crippen LogP contribution in [0.4, 0.5) is 11.4 Å². The fraction of sp³-hybridized carbons (Fsp3) is 0.421. The number of ether oxygens (including phenoxy) is 1. The monoisotopic (exact) mass is 946 g/mol. The van der Waals surface area contributed by atoms with Crippen molar-refractivity contribution in [1.29, 1.82) is 0 Å². The average molecular weight is 948 g/mol. The first-order valence-electron chi connectivity index (χ1n) is 24.8. The molecule has 0 bridgehead atoms. The number of amides is 1. The van der Waals surface area contributed by atoms with Gasteiger partial charge < -0.3 is 0 Å². The molecule has 2 heterocycles. The average Bonchev–Trinajstić information content (AvgIpc) is 3.71. The van der Waals surface area contributed by atoms with Crippen LogP contribution in [0.3, 0.4) is 0 Å². The topological polar surface area (TPSA) is 69.5 Å². The zero-order valence-electron chi connectivity index (χ0n) is 39.5. The molecule has 3 fully saturated rings. The van der Waals surface area contributed by atoms with Gasteiger partial charge in [0, 0.05) is 0 Å². The van der Waals surface area contributed by atoms with Crippen molar-refractivity contribution in [2.75, 3.05) is 30.0 Å². The Kier molecular flexibility index (Phi) is 13.7. The standard InChI is InChI=1S/C22H28N3O.C21H29N2O.2C7H7.Zr/c1-15(2)17-9-8-10-18(16(3)4)21(17)25-14-13-24(22(25)23)19-11-6-7-12-20(19)26-5;22-21(24)19-14-8-7-13-18(19)20(16-9-3-1-4-10-16)15-23-17-11-5-2-6-12-17;2*1-7-5-3-2-4-6-7;/h6-12,15-16H,13-14H2,1-5H3;7-8,13-14,16-17,20H,1-6,9-12H2,(H2,22,24);2*2-6H,1H2;/q-1;;;;+2/p-1. The van der Waals surface area contributed by atoms with Crippen LogP contribution < -0.4 is 17.8 Å². The second-order valence-corrected chi connectivity index (χ2v) is 32.3. The van der Waals surface area contributed by atoms with Crippen LogP contribution in [-0.2, 0) is 27.6 Å². The molecule has 1 unspecified atom stereocenters. The third kappa shape index (κ3) is 9.06. The summed E-state index contributed by atoms with van der Waals surface area (Å²) in [6.45, 7) is 10.7. The summed E-state index contributed by atoms with van der Waals surface area (Å²) in [5.74, 6) is 2.55. The number of para-hydroxylation sites is 3. The molecule has 8 heteroatoms. The third-order valence-corrected chi connectivity index (χ3v) is 28.7. The summed E-state index contributed by atoms with van der Waals surface area (Å²) in [4.78, 5) is 27.3. The van der Waals surface area contributed by atoms with Crippen molar-refractivity contribution in [2.45, 2.75) is 124 Å². The SMILES string of the molecule is COc1ccccc1N1CCN(c2c(C(C)C)cccc2C(C)C)C1=[N][Zr]1([CH2]c2ccccc2)([CH2]c2ccccc2)[NH]C(=O)c2ccccc2C(C2CCCCC2)[C]1=NC1CCCCC1. The van der Waals surface area contributed by atoms with Crippen molar-refractivity contribution in [3.8, 4) is 5.75 Å². The number of carbonyl (C=O) groups excluding carboxylic acids is 1. The summed E-state index contributed by atoms with van der Waals surface area (Å²) in [5.41, 5.74) is 9.16. The molecule has 9 rings (SSSR count). The third-order valence-electron chi connectivity index (χ3n) is 15.1. The van der Waals surface area contributed by atoms with E-state index in [2.05, 4.69) is 168 Å². The van der Waals surface area contributed by atoms with Crippen molar-refractivity contribution in [3.05, 3.63) is 161 Å². The van der Waals surface area contributed by atoms with Crippen LogP contribution in [0.25, 0.3) is 0 Å². The van der Waals surface area contributed by atoms with Gasteiger partial charge in [-0.25, -0.2) is 0 Å². The molecule has 4 aliphatic rings. The maximum absolute atomic E-state index is 16.0. The molecule has 0 radical (unpaired) electrons. The number of aliphatic imine (C=N–C) groups is 1. The van der Waals surface area contributed by atoms with Gasteiger partial charge in [-0.15, -0.1) is 0 Å². The first-order valence-corrected chi connectivity index (χ1v) is 31.9. The maximum atomic E-state index is 16.0. The number of guanidine groups is 1. The zero-order valence-corrected chi connectivity index (χ0v) is 42.0. The molecule has 1 saturated heterocycles. The zero-order chi connectivity index (χ0) is 45.0. The first kappa shape index (κ1) is 45.4. The summed E-state index contributed by atoms with van der Waals surface area (Å²) in [6.07, 6.45) is 11.6. The van der Waals surface area contributed by atoms with Crippen molar-refractivity contribution in [1.82, 2.24) is 3.26 Å². The Morgan fingerprint density at radius 2 is 1.20 bits per heavy atom. The normalized spacial score (nSPS) is 22.1. The molecule has 2 aliphatic carbocycles. The van der Waals surface area contributed by atoms with E-state index in [1.54, 1.807) is 7.11 Å². The van der Waals surface area contributed by atoms with Crippen LogP contribution in [0.15, 0.2) is 135 Å². The van der Waals surface area contributed by atoms with E-state index in [4.69, 9.17) is 12.7 Å². The minimum atomic E-state index is -5.88. The number of hydrogen-bond acceptors (Lipinski definition) is 4. The second-order valence-electron chi connectivity index (χ2n) is 20.2. The quantitative estimate of drug-likeness (QED) is 0.135. The summed E-state index contributed by atoms with van der Waals surface area (Å²) < 4.78 is 19.7. The van der Waals surface area contributed by atoms with Crippen LogP contribution in [0.5, 0.6) is 5.75 Å². The molecule has 5 aromatic rings. The summed E-state index contributed by atoms with van der Waals surface area (Å²) in [5, 5.41) is 0. The molecule has 65 heavy (non-hydrogen) atoms. The van der Waals surface area contributed by atoms with E-state index in [1.807, 2.05) is 0 Å². The number of nitrogens with one attached hydrogen (secondary N) is 1. The molecule has 0 aromatic heterocycles. The summed E-state index contributed by atoms with van der Waals surface area (Å²) in [6, 6.07) is 46.0. The molecule has 7 nitrogen and oxygen atoms in total. The molecular weight excluding hydrogens is 878 g/mol. The Balaban J connectivity index is 1.47. The molecule has 1 N–H and O–H groups in total. The number of carbonyl (C=O) groups is 1. The van der Waals surface area contributed by atoms with Gasteiger partial charge in [0.2, 0.25) is 0 Å². The number of hydrogen-bond donors (Lipinski definition) is 1. The van der Waals surface area contributed by atoms with E-state index in [0.717, 1.165) is 60.8 Å². The summed E-state index contributed by atoms with van der Waals surface area (Å²) in [7, 11) is 1.77. The van der Waals surface area contributed by atoms with Crippen LogP contribution in [0.2, 0.25) is 0 Å². The van der Waals surface area contributed by atoms with Gasteiger partial charge in [-0.3, -0.25) is 0 Å². The molecule has 339 valence electrons. The predicted octanol–water partition coefficient (Wildman–Crippen LogP) is 13.4. The van der Waals surface area contributed by atoms with Crippen LogP contribution in [0.1, 0.15) is 148 Å². The van der Waals surface area contributed by atoms with Gasteiger partial charge in [0.1, 0.15) is 0 Å². The van der Waals surface area contributed by atoms with E-state index in [0.29, 0.717) is 20.7 Å². The van der Waals surface area contributed by atoms with Crippen molar-refractivity contribution < 1.29 is 28.9 Å². The van der Waals surface area contributed by atoms with Crippen LogP contribution >= 0.6 is 0 Å². The Bertz CT molecular complexity index is 2440. The minimum absolute atomic E-state index is 0.00376. The number of anilines is 2. The Labute approximate surface area is 390 Å². The van der Waals surface area contributed by atoms with Gasteiger partial charge >= 0.3 is 393 Å². The number of rotatable bonds is 12. The molecule has 1 amide bonds. The fourth-order valence-electron chi connectivity index (χ4n) is 12.1. The van der Waals surface area contributed by atoms with Gasteiger partial charge in [-0.2, -0.15) is 0 Å². The van der Waals surface area contributed by atoms with Crippen molar-refractivity contribution >= 4 is 26.7 Å². The molecular formula is C57H70N5O2Zr. The summed E-state index contributed by atoms with van der Waals surface area (Å²) >= 11 is -5.88.